The number of aromatic nitrogens is 2. The van der Waals surface area contributed by atoms with Gasteiger partial charge >= 0.3 is 0 Å². The number of hydrogen-bond acceptors (Lipinski definition) is 2. The van der Waals surface area contributed by atoms with Gasteiger partial charge in [-0.2, -0.15) is 0 Å². The predicted molar refractivity (Wildman–Crippen MR) is 91.5 cm³/mol. The fourth-order valence-corrected chi connectivity index (χ4v) is 2.73. The molecule has 2 aromatic heterocycles. The summed E-state index contributed by atoms with van der Waals surface area (Å²) >= 11 is 0. The lowest BCUT2D eigenvalue weighted by Gasteiger charge is -2.05. The maximum absolute atomic E-state index is 13.2. The van der Waals surface area contributed by atoms with Gasteiger partial charge in [0.15, 0.2) is 0 Å². The Labute approximate surface area is 141 Å². The molecule has 124 valence electrons. The normalized spacial score (nSPS) is 10.9. The number of hydrazine groups is 1. The van der Waals surface area contributed by atoms with Crippen LogP contribution in [0.1, 0.15) is 20.8 Å². The summed E-state index contributed by atoms with van der Waals surface area (Å²) in [6, 6.07) is 13.1. The Morgan fingerprint density at radius 2 is 1.72 bits per heavy atom. The third kappa shape index (κ3) is 2.72. The predicted octanol–water partition coefficient (Wildman–Crippen LogP) is 2.86. The molecule has 7 heteroatoms. The number of carbonyl (C=O) groups is 2. The van der Waals surface area contributed by atoms with Gasteiger partial charge in [0, 0.05) is 28.0 Å². The Balaban J connectivity index is 1.50. The van der Waals surface area contributed by atoms with Crippen molar-refractivity contribution in [2.24, 2.45) is 0 Å². The Morgan fingerprint density at radius 3 is 2.60 bits per heavy atom. The van der Waals surface area contributed by atoms with Crippen LogP contribution in [0.5, 0.6) is 0 Å². The van der Waals surface area contributed by atoms with Crippen molar-refractivity contribution in [3.63, 3.8) is 0 Å². The van der Waals surface area contributed by atoms with E-state index in [1.807, 2.05) is 24.3 Å². The topological polar surface area (TPSA) is 89.8 Å². The first-order valence-corrected chi connectivity index (χ1v) is 7.57. The number of nitrogens with one attached hydrogen (secondary N) is 4. The van der Waals surface area contributed by atoms with Gasteiger partial charge in [-0.05, 0) is 30.3 Å². The molecule has 0 saturated heterocycles. The summed E-state index contributed by atoms with van der Waals surface area (Å²) in [6.45, 7) is 0. The van der Waals surface area contributed by atoms with Crippen LogP contribution >= 0.6 is 0 Å². The lowest BCUT2D eigenvalue weighted by molar-refractivity contribution is 0.0845. The lowest BCUT2D eigenvalue weighted by atomic mass is 10.2. The van der Waals surface area contributed by atoms with Gasteiger partial charge in [-0.1, -0.05) is 18.2 Å². The average Bonchev–Trinajstić information content (AvgIpc) is 3.23. The second kappa shape index (κ2) is 5.79. The smallest absolute Gasteiger partial charge is 0.286 e. The third-order valence-electron chi connectivity index (χ3n) is 3.95. The van der Waals surface area contributed by atoms with Crippen molar-refractivity contribution in [3.05, 3.63) is 71.8 Å². The molecule has 0 fully saturated rings. The van der Waals surface area contributed by atoms with Crippen LogP contribution in [0.2, 0.25) is 0 Å². The Bertz CT molecular complexity index is 1110. The average molecular weight is 336 g/mol. The summed E-state index contributed by atoms with van der Waals surface area (Å²) in [5.74, 6) is -1.34. The van der Waals surface area contributed by atoms with Crippen LogP contribution in [-0.4, -0.2) is 21.8 Å². The Kier molecular flexibility index (Phi) is 3.46. The molecular weight excluding hydrogens is 323 g/mol. The van der Waals surface area contributed by atoms with E-state index in [-0.39, 0.29) is 11.5 Å². The summed E-state index contributed by atoms with van der Waals surface area (Å²) in [5, 5.41) is 1.34. The van der Waals surface area contributed by atoms with Crippen molar-refractivity contribution in [3.8, 4) is 0 Å². The molecule has 0 saturated carbocycles. The second-order valence-corrected chi connectivity index (χ2v) is 5.57. The van der Waals surface area contributed by atoms with E-state index in [1.165, 1.54) is 18.2 Å². The van der Waals surface area contributed by atoms with Gasteiger partial charge < -0.3 is 9.97 Å². The van der Waals surface area contributed by atoms with Crippen molar-refractivity contribution in [1.29, 1.82) is 0 Å². The molecule has 0 radical (unpaired) electrons. The molecule has 4 N–H and O–H groups in total. The number of rotatable bonds is 2. The number of H-pyrrole nitrogens is 2. The number of carbonyl (C=O) groups excluding carboxylic acids is 2. The van der Waals surface area contributed by atoms with Gasteiger partial charge in [0.05, 0.1) is 5.56 Å². The van der Waals surface area contributed by atoms with Crippen molar-refractivity contribution in [2.45, 2.75) is 0 Å². The molecule has 0 spiro atoms. The van der Waals surface area contributed by atoms with Crippen molar-refractivity contribution < 1.29 is 14.0 Å². The number of halogens is 1. The van der Waals surface area contributed by atoms with Gasteiger partial charge in [0.25, 0.3) is 11.8 Å². The van der Waals surface area contributed by atoms with Crippen molar-refractivity contribution in [2.75, 3.05) is 0 Å². The van der Waals surface area contributed by atoms with E-state index in [0.717, 1.165) is 10.9 Å². The van der Waals surface area contributed by atoms with E-state index < -0.39 is 11.8 Å². The van der Waals surface area contributed by atoms with Crippen molar-refractivity contribution >= 4 is 33.6 Å². The largest absolute Gasteiger partial charge is 0.360 e. The number of aromatic amines is 2. The maximum atomic E-state index is 13.2. The monoisotopic (exact) mass is 336 g/mol. The molecule has 0 bridgehead atoms. The number of hydrogen-bond donors (Lipinski definition) is 4. The van der Waals surface area contributed by atoms with Crippen LogP contribution in [0, 0.1) is 5.82 Å². The Hall–Kier alpha value is -3.61. The summed E-state index contributed by atoms with van der Waals surface area (Å²) in [6.07, 6.45) is 1.58. The molecule has 2 amide bonds. The number of benzene rings is 2. The van der Waals surface area contributed by atoms with Crippen LogP contribution in [0.25, 0.3) is 21.8 Å². The van der Waals surface area contributed by atoms with E-state index in [9.17, 15) is 14.0 Å². The zero-order chi connectivity index (χ0) is 17.4. The molecule has 0 aliphatic rings. The zero-order valence-electron chi connectivity index (χ0n) is 12.9. The van der Waals surface area contributed by atoms with E-state index in [1.54, 1.807) is 12.3 Å². The van der Waals surface area contributed by atoms with Gasteiger partial charge in [-0.15, -0.1) is 0 Å². The van der Waals surface area contributed by atoms with Crippen molar-refractivity contribution in [1.82, 2.24) is 20.8 Å². The maximum Gasteiger partial charge on any atom is 0.286 e. The summed E-state index contributed by atoms with van der Waals surface area (Å²) in [4.78, 5) is 30.3. The molecule has 0 aliphatic carbocycles. The molecule has 0 unspecified atom stereocenters. The van der Waals surface area contributed by atoms with Gasteiger partial charge in [-0.25, -0.2) is 4.39 Å². The fraction of sp³-hybridized carbons (Fsp3) is 0. The SMILES string of the molecule is O=C(NNC(=O)c1c[nH]c2ccccc12)c1cc2cc(F)ccc2[nH]1. The third-order valence-corrected chi connectivity index (χ3v) is 3.95. The minimum absolute atomic E-state index is 0.222. The molecule has 4 rings (SSSR count). The van der Waals surface area contributed by atoms with Gasteiger partial charge in [0.1, 0.15) is 11.5 Å². The summed E-state index contributed by atoms with van der Waals surface area (Å²) in [5.41, 5.74) is 6.84. The highest BCUT2D eigenvalue weighted by Crippen LogP contribution is 2.18. The summed E-state index contributed by atoms with van der Waals surface area (Å²) < 4.78 is 13.2. The van der Waals surface area contributed by atoms with Gasteiger partial charge in [0.2, 0.25) is 0 Å². The lowest BCUT2D eigenvalue weighted by Crippen LogP contribution is -2.41. The number of para-hydroxylation sites is 1. The highest BCUT2D eigenvalue weighted by Gasteiger charge is 2.14. The molecule has 0 atom stereocenters. The summed E-state index contributed by atoms with van der Waals surface area (Å²) in [7, 11) is 0. The molecular formula is C18H13FN4O2. The highest BCUT2D eigenvalue weighted by molar-refractivity contribution is 6.07. The van der Waals surface area contributed by atoms with E-state index in [2.05, 4.69) is 20.8 Å². The molecule has 2 aromatic carbocycles. The molecule has 2 heterocycles. The Morgan fingerprint density at radius 1 is 0.920 bits per heavy atom. The van der Waals surface area contributed by atoms with E-state index in [4.69, 9.17) is 0 Å². The first-order valence-electron chi connectivity index (χ1n) is 7.57. The minimum atomic E-state index is -0.523. The fourth-order valence-electron chi connectivity index (χ4n) is 2.73. The van der Waals surface area contributed by atoms with E-state index >= 15 is 0 Å². The van der Waals surface area contributed by atoms with Gasteiger partial charge in [-0.3, -0.25) is 20.4 Å². The number of fused-ring (bicyclic) bond motifs is 2. The van der Waals surface area contributed by atoms with E-state index in [0.29, 0.717) is 16.5 Å². The second-order valence-electron chi connectivity index (χ2n) is 5.57. The van der Waals surface area contributed by atoms with Crippen LogP contribution in [-0.2, 0) is 0 Å². The zero-order valence-corrected chi connectivity index (χ0v) is 12.9. The highest BCUT2D eigenvalue weighted by atomic mass is 19.1. The molecule has 4 aromatic rings. The standard InChI is InChI=1S/C18H13FN4O2/c19-11-5-6-14-10(7-11)8-16(21-14)18(25)23-22-17(24)13-9-20-15-4-2-1-3-12(13)15/h1-9,20-21H,(H,22,24)(H,23,25). The first kappa shape index (κ1) is 14.9. The molecule has 25 heavy (non-hydrogen) atoms. The van der Waals surface area contributed by atoms with Crippen LogP contribution in [0.15, 0.2) is 54.7 Å². The quantitative estimate of drug-likeness (QED) is 0.424. The van der Waals surface area contributed by atoms with Crippen LogP contribution in [0.3, 0.4) is 0 Å². The first-order chi connectivity index (χ1) is 12.1. The van der Waals surface area contributed by atoms with Crippen LogP contribution in [0.4, 0.5) is 4.39 Å². The molecule has 6 nitrogen and oxygen atoms in total. The van der Waals surface area contributed by atoms with Crippen LogP contribution < -0.4 is 10.9 Å². The molecule has 0 aliphatic heterocycles. The number of amides is 2. The minimum Gasteiger partial charge on any atom is -0.360 e.